The van der Waals surface area contributed by atoms with Crippen LogP contribution in [0.3, 0.4) is 0 Å². The average Bonchev–Trinajstić information content (AvgIpc) is 1.59. The Balaban J connectivity index is 3.58. The van der Waals surface area contributed by atoms with Crippen LogP contribution in [-0.2, 0) is 9.53 Å². The van der Waals surface area contributed by atoms with Gasteiger partial charge in [-0.25, -0.2) is 0 Å². The third-order valence-corrected chi connectivity index (χ3v) is 4.83. The molecule has 0 heterocycles. The van der Waals surface area contributed by atoms with Crippen LogP contribution in [0.2, 0.25) is 19.3 Å². The van der Waals surface area contributed by atoms with E-state index < -0.39 is 18.4 Å². The van der Waals surface area contributed by atoms with E-state index in [1.165, 1.54) is 0 Å². The minimum absolute atomic E-state index is 0.00852. The minimum atomic E-state index is -1.89. The van der Waals surface area contributed by atoms with Crippen molar-refractivity contribution in [3.05, 3.63) is 0 Å². The summed E-state index contributed by atoms with van der Waals surface area (Å²) in [5.74, 6) is -0.00852. The zero-order valence-corrected chi connectivity index (χ0v) is 10.1. The molecule has 0 atom stereocenters. The van der Waals surface area contributed by atoms with Gasteiger partial charge in [-0.2, -0.15) is 0 Å². The van der Waals surface area contributed by atoms with E-state index in [-0.39, 0.29) is 5.97 Å². The van der Waals surface area contributed by atoms with Crippen molar-refractivity contribution in [2.24, 2.45) is 0 Å². The molecule has 60 valence electrons. The van der Waals surface area contributed by atoms with Crippen LogP contribution < -0.4 is 0 Å². The normalized spacial score (nSPS) is 11.2. The first kappa shape index (κ1) is 10.3. The average molecular weight is 251 g/mol. The molecular formula is C7H16O2Sn. The molecule has 0 amide bonds. The van der Waals surface area contributed by atoms with Gasteiger partial charge < -0.3 is 0 Å². The van der Waals surface area contributed by atoms with E-state index in [0.29, 0.717) is 11.0 Å². The Hall–Kier alpha value is 0.269. The van der Waals surface area contributed by atoms with Gasteiger partial charge in [-0.3, -0.25) is 0 Å². The fourth-order valence-corrected chi connectivity index (χ4v) is 3.41. The molecule has 0 aliphatic carbocycles. The van der Waals surface area contributed by atoms with Crippen LogP contribution in [0.1, 0.15) is 6.92 Å². The molecule has 3 heteroatoms. The fourth-order valence-electron chi connectivity index (χ4n) is 0.645. The maximum absolute atomic E-state index is 10.9. The fraction of sp³-hybridized carbons (Fsp3) is 0.857. The number of esters is 1. The molecule has 0 rings (SSSR count). The molecule has 0 saturated carbocycles. The predicted molar refractivity (Wildman–Crippen MR) is 44.8 cm³/mol. The Bertz CT molecular complexity index is 115. The molecule has 0 aliphatic heterocycles. The molecule has 0 aliphatic rings. The van der Waals surface area contributed by atoms with Crippen LogP contribution in [-0.4, -0.2) is 31.0 Å². The zero-order chi connectivity index (χ0) is 8.20. The van der Waals surface area contributed by atoms with E-state index in [2.05, 4.69) is 14.8 Å². The number of ether oxygens (including phenoxy) is 1. The number of hydrogen-bond acceptors (Lipinski definition) is 2. The number of carbonyl (C=O) groups is 1. The van der Waals surface area contributed by atoms with Gasteiger partial charge in [0.05, 0.1) is 0 Å². The summed E-state index contributed by atoms with van der Waals surface area (Å²) in [6.45, 7) is 2.36. The third kappa shape index (κ3) is 6.39. The van der Waals surface area contributed by atoms with Gasteiger partial charge in [0, 0.05) is 0 Å². The maximum atomic E-state index is 10.9. The van der Waals surface area contributed by atoms with E-state index in [0.717, 1.165) is 0 Å². The van der Waals surface area contributed by atoms with Crippen molar-refractivity contribution in [2.45, 2.75) is 26.2 Å². The second-order valence-corrected chi connectivity index (χ2v) is 19.2. The summed E-state index contributed by atoms with van der Waals surface area (Å²) < 4.78 is 5.54. The summed E-state index contributed by atoms with van der Waals surface area (Å²) in [5.41, 5.74) is 0. The van der Waals surface area contributed by atoms with E-state index in [9.17, 15) is 4.79 Å². The Labute approximate surface area is 66.8 Å². The molecule has 0 spiro atoms. The van der Waals surface area contributed by atoms with Crippen molar-refractivity contribution in [1.82, 2.24) is 0 Å². The summed E-state index contributed by atoms with van der Waals surface area (Å²) in [6.07, 6.45) is 0. The zero-order valence-electron chi connectivity index (χ0n) is 7.23. The van der Waals surface area contributed by atoms with Crippen molar-refractivity contribution in [3.63, 3.8) is 0 Å². The molecule has 0 saturated heterocycles. The van der Waals surface area contributed by atoms with Crippen molar-refractivity contribution < 1.29 is 9.53 Å². The van der Waals surface area contributed by atoms with Gasteiger partial charge in [0.25, 0.3) is 0 Å². The van der Waals surface area contributed by atoms with Crippen LogP contribution >= 0.6 is 0 Å². The molecule has 0 bridgehead atoms. The summed E-state index contributed by atoms with van der Waals surface area (Å²) in [7, 11) is 0. The monoisotopic (exact) mass is 252 g/mol. The van der Waals surface area contributed by atoms with Gasteiger partial charge in [0.1, 0.15) is 0 Å². The first-order valence-electron chi connectivity index (χ1n) is 3.61. The van der Waals surface area contributed by atoms with E-state index in [1.54, 1.807) is 0 Å². The Morgan fingerprint density at radius 2 is 1.90 bits per heavy atom. The Kier molecular flexibility index (Phi) is 4.32. The standard InChI is InChI=1S/C4H7O2.3CH3.Sn/c1-3-6-4(2)5;;;;/h2-3H2,1H3;3*1H3;. The summed E-state index contributed by atoms with van der Waals surface area (Å²) in [6, 6.07) is 0. The number of hydrogen-bond donors (Lipinski definition) is 0. The molecule has 0 unspecified atom stereocenters. The molecule has 2 nitrogen and oxygen atoms in total. The molecule has 0 fully saturated rings. The van der Waals surface area contributed by atoms with E-state index in [1.807, 2.05) is 6.92 Å². The van der Waals surface area contributed by atoms with Gasteiger partial charge in [-0.1, -0.05) is 0 Å². The van der Waals surface area contributed by atoms with Gasteiger partial charge >= 0.3 is 66.7 Å². The third-order valence-electron chi connectivity index (χ3n) is 0.980. The second kappa shape index (κ2) is 4.21. The number of rotatable bonds is 3. The summed E-state index contributed by atoms with van der Waals surface area (Å²) in [4.78, 5) is 17.6. The quantitative estimate of drug-likeness (QED) is 0.565. The molecule has 0 radical (unpaired) electrons. The van der Waals surface area contributed by atoms with Gasteiger partial charge in [-0.15, -0.1) is 0 Å². The topological polar surface area (TPSA) is 26.3 Å². The first-order valence-corrected chi connectivity index (χ1v) is 14.2. The Morgan fingerprint density at radius 3 is 2.20 bits per heavy atom. The molecular weight excluding hydrogens is 235 g/mol. The number of carbonyl (C=O) groups excluding carboxylic acids is 1. The second-order valence-electron chi connectivity index (χ2n) is 3.54. The molecule has 0 aromatic heterocycles. The molecule has 10 heavy (non-hydrogen) atoms. The molecule has 0 aromatic carbocycles. The van der Waals surface area contributed by atoms with Gasteiger partial charge in [-0.05, 0) is 0 Å². The SMILES string of the molecule is CCOC(=O)[CH2][Sn]([CH3])([CH3])[CH3]. The van der Waals surface area contributed by atoms with Crippen LogP contribution in [0.15, 0.2) is 0 Å². The van der Waals surface area contributed by atoms with E-state index >= 15 is 0 Å². The van der Waals surface area contributed by atoms with Crippen LogP contribution in [0.5, 0.6) is 0 Å². The van der Waals surface area contributed by atoms with Crippen molar-refractivity contribution in [1.29, 1.82) is 0 Å². The first-order chi connectivity index (χ1) is 4.45. The predicted octanol–water partition coefficient (Wildman–Crippen LogP) is 1.89. The van der Waals surface area contributed by atoms with Crippen molar-refractivity contribution in [3.8, 4) is 0 Å². The molecule has 0 N–H and O–H groups in total. The van der Waals surface area contributed by atoms with Crippen molar-refractivity contribution in [2.75, 3.05) is 6.61 Å². The molecule has 0 aromatic rings. The summed E-state index contributed by atoms with van der Waals surface area (Å²) >= 11 is -1.89. The van der Waals surface area contributed by atoms with Gasteiger partial charge in [0.15, 0.2) is 0 Å². The van der Waals surface area contributed by atoms with Crippen molar-refractivity contribution >= 4 is 24.3 Å². The van der Waals surface area contributed by atoms with Gasteiger partial charge in [0.2, 0.25) is 0 Å². The van der Waals surface area contributed by atoms with Crippen LogP contribution in [0.4, 0.5) is 0 Å². The van der Waals surface area contributed by atoms with E-state index in [4.69, 9.17) is 4.74 Å². The van der Waals surface area contributed by atoms with Crippen LogP contribution in [0.25, 0.3) is 0 Å². The van der Waals surface area contributed by atoms with Crippen LogP contribution in [0, 0.1) is 0 Å². The Morgan fingerprint density at radius 1 is 1.40 bits per heavy atom. The summed E-state index contributed by atoms with van der Waals surface area (Å²) in [5, 5.41) is 0.